The smallest absolute Gasteiger partial charge is 0.293 e. The van der Waals surface area contributed by atoms with Crippen LogP contribution < -0.4 is 15.4 Å². The molecule has 0 radical (unpaired) electrons. The molecule has 0 saturated carbocycles. The number of furan rings is 1. The minimum Gasteiger partial charge on any atom is -0.507 e. The molecule has 0 unspecified atom stereocenters. The fourth-order valence-corrected chi connectivity index (χ4v) is 3.96. The lowest BCUT2D eigenvalue weighted by atomic mass is 10.0. The number of nitrogens with zero attached hydrogens (tertiary/aromatic N) is 1. The van der Waals surface area contributed by atoms with E-state index in [1.165, 1.54) is 0 Å². The number of hydrogen-bond donors (Lipinski definition) is 4. The highest BCUT2D eigenvalue weighted by Crippen LogP contribution is 2.34. The second kappa shape index (κ2) is 9.54. The molecular weight excluding hydrogens is 472 g/mol. The molecule has 186 valence electrons. The quantitative estimate of drug-likeness (QED) is 0.240. The Morgan fingerprint density at radius 3 is 2.49 bits per heavy atom. The molecule has 5 aromatic rings. The zero-order chi connectivity index (χ0) is 26.1. The van der Waals surface area contributed by atoms with Crippen molar-refractivity contribution < 1.29 is 23.8 Å². The molecule has 0 aliphatic carbocycles. The normalized spacial score (nSPS) is 10.9. The van der Waals surface area contributed by atoms with Crippen molar-refractivity contribution >= 4 is 34.2 Å². The molecule has 0 aliphatic heterocycles. The minimum atomic E-state index is -0.526. The summed E-state index contributed by atoms with van der Waals surface area (Å²) in [6.45, 7) is 3.72. The molecule has 0 fully saturated rings. The van der Waals surface area contributed by atoms with Crippen LogP contribution in [-0.2, 0) is 0 Å². The number of phenols is 1. The van der Waals surface area contributed by atoms with E-state index in [4.69, 9.17) is 9.15 Å². The molecule has 0 saturated heterocycles. The molecule has 4 N–H and O–H groups in total. The number of rotatable bonds is 6. The highest BCUT2D eigenvalue weighted by Gasteiger charge is 2.24. The fraction of sp³-hybridized carbons (Fsp3) is 0.107. The maximum atomic E-state index is 13.2. The van der Waals surface area contributed by atoms with Crippen LogP contribution in [0.25, 0.3) is 22.2 Å². The summed E-state index contributed by atoms with van der Waals surface area (Å²) in [4.78, 5) is 26.3. The van der Waals surface area contributed by atoms with Crippen molar-refractivity contribution in [2.24, 2.45) is 0 Å². The second-order valence-corrected chi connectivity index (χ2v) is 8.51. The first-order chi connectivity index (χ1) is 17.9. The number of carbonyl (C=O) groups is 2. The van der Waals surface area contributed by atoms with Crippen molar-refractivity contribution in [3.8, 4) is 22.8 Å². The van der Waals surface area contributed by atoms with Crippen LogP contribution in [0.5, 0.6) is 11.5 Å². The lowest BCUT2D eigenvalue weighted by molar-refractivity contribution is 0.0999. The number of benzene rings is 3. The van der Waals surface area contributed by atoms with Crippen LogP contribution in [0.3, 0.4) is 0 Å². The summed E-state index contributed by atoms with van der Waals surface area (Å²) < 4.78 is 11.0. The van der Waals surface area contributed by atoms with Gasteiger partial charge in [-0.2, -0.15) is 5.10 Å². The number of phenolic OH excluding ortho intramolecular Hbond substituents is 1. The van der Waals surface area contributed by atoms with Crippen LogP contribution in [0.1, 0.15) is 32.2 Å². The SMILES string of the molecule is COc1ccc(NC(=O)c2oc3ccccc3c2NC(=O)c2cc(-c3ccc(C)c(C)c3O)n[nH]2)cc1. The van der Waals surface area contributed by atoms with Crippen molar-refractivity contribution in [2.45, 2.75) is 13.8 Å². The van der Waals surface area contributed by atoms with Crippen LogP contribution in [0.4, 0.5) is 11.4 Å². The first kappa shape index (κ1) is 23.7. The summed E-state index contributed by atoms with van der Waals surface area (Å²) in [7, 11) is 1.56. The number of aryl methyl sites for hydroxylation is 1. The molecule has 2 amide bonds. The average Bonchev–Trinajstić information content (AvgIpc) is 3.54. The third kappa shape index (κ3) is 4.50. The van der Waals surface area contributed by atoms with E-state index >= 15 is 0 Å². The molecule has 0 spiro atoms. The van der Waals surface area contributed by atoms with Gasteiger partial charge in [0.25, 0.3) is 11.8 Å². The Labute approximate surface area is 212 Å². The van der Waals surface area contributed by atoms with Crippen molar-refractivity contribution in [3.63, 3.8) is 0 Å². The van der Waals surface area contributed by atoms with Gasteiger partial charge in [-0.3, -0.25) is 14.7 Å². The predicted molar refractivity (Wildman–Crippen MR) is 140 cm³/mol. The largest absolute Gasteiger partial charge is 0.507 e. The highest BCUT2D eigenvalue weighted by molar-refractivity contribution is 6.16. The molecular formula is C28H24N4O5. The molecule has 0 atom stereocenters. The number of para-hydroxylation sites is 1. The number of hydrogen-bond acceptors (Lipinski definition) is 6. The molecule has 0 aliphatic rings. The Bertz CT molecular complexity index is 1630. The topological polar surface area (TPSA) is 129 Å². The van der Waals surface area contributed by atoms with Gasteiger partial charge in [-0.1, -0.05) is 18.2 Å². The number of aromatic nitrogens is 2. The van der Waals surface area contributed by atoms with E-state index in [2.05, 4.69) is 20.8 Å². The maximum Gasteiger partial charge on any atom is 0.293 e. The number of amides is 2. The number of carbonyl (C=O) groups excluding carboxylic acids is 2. The number of H-pyrrole nitrogens is 1. The van der Waals surface area contributed by atoms with Crippen LogP contribution in [-0.4, -0.2) is 34.2 Å². The van der Waals surface area contributed by atoms with Gasteiger partial charge in [0.15, 0.2) is 0 Å². The van der Waals surface area contributed by atoms with Gasteiger partial charge in [0, 0.05) is 16.6 Å². The number of methoxy groups -OCH3 is 1. The minimum absolute atomic E-state index is 0.0445. The molecule has 2 aromatic heterocycles. The second-order valence-electron chi connectivity index (χ2n) is 8.51. The molecule has 2 heterocycles. The van der Waals surface area contributed by atoms with Gasteiger partial charge in [-0.25, -0.2) is 0 Å². The molecule has 0 bridgehead atoms. The number of fused-ring (bicyclic) bond motifs is 1. The first-order valence-corrected chi connectivity index (χ1v) is 11.5. The molecule has 37 heavy (non-hydrogen) atoms. The van der Waals surface area contributed by atoms with Gasteiger partial charge in [0.1, 0.15) is 28.5 Å². The number of nitrogens with one attached hydrogen (secondary N) is 3. The van der Waals surface area contributed by atoms with E-state index in [0.29, 0.717) is 33.7 Å². The van der Waals surface area contributed by atoms with Crippen LogP contribution in [0.2, 0.25) is 0 Å². The lowest BCUT2D eigenvalue weighted by Gasteiger charge is -2.07. The van der Waals surface area contributed by atoms with Crippen LogP contribution in [0, 0.1) is 13.8 Å². The third-order valence-corrected chi connectivity index (χ3v) is 6.19. The highest BCUT2D eigenvalue weighted by atomic mass is 16.5. The Morgan fingerprint density at radius 1 is 0.973 bits per heavy atom. The number of aromatic amines is 1. The van der Waals surface area contributed by atoms with Gasteiger partial charge in [-0.05, 0) is 73.5 Å². The van der Waals surface area contributed by atoms with Crippen molar-refractivity contribution in [2.75, 3.05) is 17.7 Å². The van der Waals surface area contributed by atoms with Crippen LogP contribution in [0.15, 0.2) is 71.1 Å². The number of aromatic hydroxyl groups is 1. The Balaban J connectivity index is 1.44. The van der Waals surface area contributed by atoms with Gasteiger partial charge in [0.05, 0.1) is 12.8 Å². The number of anilines is 2. The van der Waals surface area contributed by atoms with E-state index in [9.17, 15) is 14.7 Å². The Kier molecular flexibility index (Phi) is 6.10. The zero-order valence-corrected chi connectivity index (χ0v) is 20.4. The van der Waals surface area contributed by atoms with E-state index in [0.717, 1.165) is 11.1 Å². The van der Waals surface area contributed by atoms with Gasteiger partial charge in [-0.15, -0.1) is 0 Å². The maximum absolute atomic E-state index is 13.2. The van der Waals surface area contributed by atoms with Crippen LogP contribution >= 0.6 is 0 Å². The Morgan fingerprint density at radius 2 is 1.73 bits per heavy atom. The molecule has 3 aromatic carbocycles. The third-order valence-electron chi connectivity index (χ3n) is 6.19. The number of ether oxygens (including phenoxy) is 1. The predicted octanol–water partition coefficient (Wildman–Crippen LogP) is 5.66. The van der Waals surface area contributed by atoms with Gasteiger partial charge >= 0.3 is 0 Å². The monoisotopic (exact) mass is 496 g/mol. The fourth-order valence-electron chi connectivity index (χ4n) is 3.96. The van der Waals surface area contributed by atoms with Crippen molar-refractivity contribution in [1.82, 2.24) is 10.2 Å². The zero-order valence-electron chi connectivity index (χ0n) is 20.4. The van der Waals surface area contributed by atoms with E-state index in [1.807, 2.05) is 19.9 Å². The molecule has 5 rings (SSSR count). The van der Waals surface area contributed by atoms with E-state index in [1.54, 1.807) is 67.8 Å². The summed E-state index contributed by atoms with van der Waals surface area (Å²) >= 11 is 0. The summed E-state index contributed by atoms with van der Waals surface area (Å²) in [6, 6.07) is 19.0. The molecule has 9 nitrogen and oxygen atoms in total. The summed E-state index contributed by atoms with van der Waals surface area (Å²) in [6.07, 6.45) is 0. The lowest BCUT2D eigenvalue weighted by Crippen LogP contribution is -2.17. The van der Waals surface area contributed by atoms with Gasteiger partial charge in [0.2, 0.25) is 5.76 Å². The molecule has 9 heteroatoms. The standard InChI is InChI=1S/C28H24N4O5/c1-15-8-13-19(25(33)16(15)2)21-14-22(32-31-21)27(34)30-24-20-6-4-5-7-23(20)37-26(24)28(35)29-17-9-11-18(36-3)12-10-17/h4-14,33H,1-3H3,(H,29,35)(H,30,34)(H,31,32). The van der Waals surface area contributed by atoms with Crippen molar-refractivity contribution in [1.29, 1.82) is 0 Å². The summed E-state index contributed by atoms with van der Waals surface area (Å²) in [5.74, 6) is -0.328. The summed E-state index contributed by atoms with van der Waals surface area (Å²) in [5.41, 5.74) is 3.98. The summed E-state index contributed by atoms with van der Waals surface area (Å²) in [5, 5.41) is 23.6. The van der Waals surface area contributed by atoms with Crippen molar-refractivity contribution in [3.05, 3.63) is 89.3 Å². The van der Waals surface area contributed by atoms with E-state index in [-0.39, 0.29) is 22.9 Å². The van der Waals surface area contributed by atoms with E-state index < -0.39 is 11.8 Å². The van der Waals surface area contributed by atoms with Gasteiger partial charge < -0.3 is 24.9 Å². The average molecular weight is 497 g/mol. The Hall–Kier alpha value is -5.05. The first-order valence-electron chi connectivity index (χ1n) is 11.5.